The zero-order valence-electron chi connectivity index (χ0n) is 8.63. The molecule has 14 heavy (non-hydrogen) atoms. The van der Waals surface area contributed by atoms with E-state index < -0.39 is 0 Å². The maximum Gasteiger partial charge on any atom is 0.192 e. The van der Waals surface area contributed by atoms with Crippen LogP contribution in [0.25, 0.3) is 4.85 Å². The first-order chi connectivity index (χ1) is 6.50. The largest absolute Gasteiger partial charge is 0.238 e. The standard InChI is InChI=1S/C12H12N2/c1-12(2,3)11-9(8-13)6-5-7-10(11)14-4/h5-7H,1-3H3. The lowest BCUT2D eigenvalue weighted by Crippen LogP contribution is -2.13. The highest BCUT2D eigenvalue weighted by Crippen LogP contribution is 2.34. The van der Waals surface area contributed by atoms with Gasteiger partial charge >= 0.3 is 0 Å². The van der Waals surface area contributed by atoms with Crippen LogP contribution in [0.1, 0.15) is 31.9 Å². The molecule has 2 heteroatoms. The summed E-state index contributed by atoms with van der Waals surface area (Å²) in [6.45, 7) is 13.1. The SMILES string of the molecule is [C-]#[N+]c1cccc(C#N)c1C(C)(C)C. The van der Waals surface area contributed by atoms with E-state index in [9.17, 15) is 0 Å². The smallest absolute Gasteiger partial charge is 0.192 e. The Balaban J connectivity index is 3.54. The first-order valence-corrected chi connectivity index (χ1v) is 4.41. The van der Waals surface area contributed by atoms with Crippen molar-refractivity contribution < 1.29 is 0 Å². The Labute approximate surface area is 84.6 Å². The second-order valence-corrected chi connectivity index (χ2v) is 4.17. The molecule has 0 aliphatic rings. The molecule has 70 valence electrons. The van der Waals surface area contributed by atoms with Gasteiger partial charge in [0.1, 0.15) is 0 Å². The molecule has 0 saturated carbocycles. The van der Waals surface area contributed by atoms with Gasteiger partial charge in [-0.3, -0.25) is 0 Å². The number of hydrogen-bond donors (Lipinski definition) is 0. The van der Waals surface area contributed by atoms with Gasteiger partial charge in [-0.1, -0.05) is 32.9 Å². The van der Waals surface area contributed by atoms with Crippen molar-refractivity contribution in [1.82, 2.24) is 0 Å². The Morgan fingerprint density at radius 2 is 2.00 bits per heavy atom. The highest BCUT2D eigenvalue weighted by atomic mass is 14.7. The average molecular weight is 184 g/mol. The number of benzene rings is 1. The Morgan fingerprint density at radius 1 is 1.36 bits per heavy atom. The first kappa shape index (κ1) is 10.3. The van der Waals surface area contributed by atoms with Crippen LogP contribution in [0, 0.1) is 17.9 Å². The van der Waals surface area contributed by atoms with E-state index in [1.807, 2.05) is 20.8 Å². The van der Waals surface area contributed by atoms with Crippen LogP contribution < -0.4 is 0 Å². The van der Waals surface area contributed by atoms with E-state index in [-0.39, 0.29) is 5.41 Å². The van der Waals surface area contributed by atoms with Gasteiger partial charge < -0.3 is 0 Å². The average Bonchev–Trinajstić information content (AvgIpc) is 2.15. The van der Waals surface area contributed by atoms with Gasteiger partial charge in [0.05, 0.1) is 12.6 Å². The monoisotopic (exact) mass is 184 g/mol. The van der Waals surface area contributed by atoms with Crippen molar-refractivity contribution in [3.63, 3.8) is 0 Å². The van der Waals surface area contributed by atoms with Crippen LogP contribution in [0.5, 0.6) is 0 Å². The number of nitrogens with zero attached hydrogens (tertiary/aromatic N) is 2. The predicted molar refractivity (Wildman–Crippen MR) is 56.1 cm³/mol. The molecule has 0 unspecified atom stereocenters. The zero-order valence-corrected chi connectivity index (χ0v) is 8.63. The third-order valence-corrected chi connectivity index (χ3v) is 2.03. The molecule has 0 N–H and O–H groups in total. The van der Waals surface area contributed by atoms with Gasteiger partial charge in [0, 0.05) is 5.56 Å². The molecule has 0 bridgehead atoms. The maximum atomic E-state index is 8.95. The zero-order chi connectivity index (χ0) is 10.8. The van der Waals surface area contributed by atoms with Gasteiger partial charge in [-0.2, -0.15) is 5.26 Å². The van der Waals surface area contributed by atoms with Gasteiger partial charge in [0.15, 0.2) is 5.69 Å². The Morgan fingerprint density at radius 3 is 2.43 bits per heavy atom. The lowest BCUT2D eigenvalue weighted by molar-refractivity contribution is 0.591. The second kappa shape index (κ2) is 3.52. The predicted octanol–water partition coefficient (Wildman–Crippen LogP) is 3.41. The van der Waals surface area contributed by atoms with E-state index >= 15 is 0 Å². The molecule has 0 spiro atoms. The highest BCUT2D eigenvalue weighted by molar-refractivity contribution is 5.61. The topological polar surface area (TPSA) is 28.1 Å². The summed E-state index contributed by atoms with van der Waals surface area (Å²) >= 11 is 0. The minimum Gasteiger partial charge on any atom is -0.238 e. The van der Waals surface area contributed by atoms with Crippen LogP contribution in [0.15, 0.2) is 18.2 Å². The van der Waals surface area contributed by atoms with Crippen LogP contribution in [0.4, 0.5) is 5.69 Å². The van der Waals surface area contributed by atoms with Crippen LogP contribution in [0.3, 0.4) is 0 Å². The van der Waals surface area contributed by atoms with Gasteiger partial charge in [-0.05, 0) is 17.0 Å². The molecular weight excluding hydrogens is 172 g/mol. The molecule has 0 amide bonds. The minimum atomic E-state index is -0.161. The van der Waals surface area contributed by atoms with E-state index in [1.54, 1.807) is 18.2 Å². The van der Waals surface area contributed by atoms with E-state index in [0.29, 0.717) is 11.3 Å². The van der Waals surface area contributed by atoms with Gasteiger partial charge in [-0.25, -0.2) is 4.85 Å². The van der Waals surface area contributed by atoms with Gasteiger partial charge in [0.25, 0.3) is 0 Å². The summed E-state index contributed by atoms with van der Waals surface area (Å²) in [5, 5.41) is 8.95. The lowest BCUT2D eigenvalue weighted by atomic mass is 9.83. The van der Waals surface area contributed by atoms with E-state index in [1.165, 1.54) is 0 Å². The molecule has 2 nitrogen and oxygen atoms in total. The van der Waals surface area contributed by atoms with Gasteiger partial charge in [0.2, 0.25) is 0 Å². The molecule has 0 saturated heterocycles. The number of rotatable bonds is 0. The first-order valence-electron chi connectivity index (χ1n) is 4.41. The fourth-order valence-corrected chi connectivity index (χ4v) is 1.51. The molecule has 1 aromatic carbocycles. The summed E-state index contributed by atoms with van der Waals surface area (Å²) in [6, 6.07) is 7.40. The Hall–Kier alpha value is -1.80. The third-order valence-electron chi connectivity index (χ3n) is 2.03. The molecular formula is C12H12N2. The van der Waals surface area contributed by atoms with Crippen molar-refractivity contribution in [1.29, 1.82) is 5.26 Å². The van der Waals surface area contributed by atoms with Crippen molar-refractivity contribution in [3.05, 3.63) is 40.7 Å². The van der Waals surface area contributed by atoms with Crippen molar-refractivity contribution in [2.75, 3.05) is 0 Å². The van der Waals surface area contributed by atoms with E-state index in [4.69, 9.17) is 11.8 Å². The molecule has 0 heterocycles. The fraction of sp³-hybridized carbons (Fsp3) is 0.333. The summed E-state index contributed by atoms with van der Waals surface area (Å²) < 4.78 is 0. The van der Waals surface area contributed by atoms with E-state index in [2.05, 4.69) is 10.9 Å². The summed E-state index contributed by atoms with van der Waals surface area (Å²) in [6.07, 6.45) is 0. The fourth-order valence-electron chi connectivity index (χ4n) is 1.51. The summed E-state index contributed by atoms with van der Waals surface area (Å²) in [5.41, 5.74) is 1.87. The molecule has 0 radical (unpaired) electrons. The Bertz CT molecular complexity index is 393. The summed E-state index contributed by atoms with van der Waals surface area (Å²) in [7, 11) is 0. The van der Waals surface area contributed by atoms with Crippen molar-refractivity contribution in [2.24, 2.45) is 0 Å². The number of hydrogen-bond acceptors (Lipinski definition) is 1. The van der Waals surface area contributed by atoms with Crippen LogP contribution in [-0.2, 0) is 5.41 Å². The van der Waals surface area contributed by atoms with E-state index in [0.717, 1.165) is 5.56 Å². The number of nitriles is 1. The summed E-state index contributed by atoms with van der Waals surface area (Å²) in [4.78, 5) is 3.44. The Kier molecular flexibility index (Phi) is 2.58. The molecule has 0 atom stereocenters. The molecule has 1 aromatic rings. The summed E-state index contributed by atoms with van der Waals surface area (Å²) in [5.74, 6) is 0. The van der Waals surface area contributed by atoms with Crippen molar-refractivity contribution in [3.8, 4) is 6.07 Å². The van der Waals surface area contributed by atoms with Crippen molar-refractivity contribution >= 4 is 5.69 Å². The second-order valence-electron chi connectivity index (χ2n) is 4.17. The van der Waals surface area contributed by atoms with Crippen LogP contribution >= 0.6 is 0 Å². The molecule has 1 rings (SSSR count). The molecule has 0 fully saturated rings. The normalized spacial score (nSPS) is 10.4. The molecule has 0 aliphatic carbocycles. The van der Waals surface area contributed by atoms with Gasteiger partial charge in [-0.15, -0.1) is 0 Å². The van der Waals surface area contributed by atoms with Crippen LogP contribution in [-0.4, -0.2) is 0 Å². The maximum absolute atomic E-state index is 8.95. The third kappa shape index (κ3) is 1.75. The van der Waals surface area contributed by atoms with Crippen molar-refractivity contribution in [2.45, 2.75) is 26.2 Å². The van der Waals surface area contributed by atoms with Crippen LogP contribution in [0.2, 0.25) is 0 Å². The minimum absolute atomic E-state index is 0.161. The lowest BCUT2D eigenvalue weighted by Gasteiger charge is -2.21. The highest BCUT2D eigenvalue weighted by Gasteiger charge is 2.21. The molecule has 0 aliphatic heterocycles. The molecule has 0 aromatic heterocycles. The quantitative estimate of drug-likeness (QED) is 0.568.